The van der Waals surface area contributed by atoms with Gasteiger partial charge in [0, 0.05) is 6.54 Å². The third-order valence-electron chi connectivity index (χ3n) is 5.86. The Bertz CT molecular complexity index is 1120. The first-order chi connectivity index (χ1) is 16.6. The molecule has 2 N–H and O–H groups in total. The van der Waals surface area contributed by atoms with Gasteiger partial charge in [0.2, 0.25) is 0 Å². The molecule has 2 amide bonds. The van der Waals surface area contributed by atoms with Crippen LogP contribution < -0.4 is 15.4 Å². The van der Waals surface area contributed by atoms with E-state index in [2.05, 4.69) is 27.7 Å². The molecule has 7 heteroatoms. The maximum absolute atomic E-state index is 13.8. The lowest BCUT2D eigenvalue weighted by Crippen LogP contribution is -2.37. The molecule has 0 aliphatic carbocycles. The van der Waals surface area contributed by atoms with E-state index in [1.165, 1.54) is 17.7 Å². The molecule has 1 fully saturated rings. The number of carbonyl (C=O) groups is 2. The predicted octanol–water partition coefficient (Wildman–Crippen LogP) is 4.41. The van der Waals surface area contributed by atoms with Crippen molar-refractivity contribution in [3.8, 4) is 5.75 Å². The molecule has 3 aromatic carbocycles. The molecule has 176 valence electrons. The summed E-state index contributed by atoms with van der Waals surface area (Å²) in [6.07, 6.45) is 2.31. The topological polar surface area (TPSA) is 70.7 Å². The van der Waals surface area contributed by atoms with Crippen molar-refractivity contribution in [1.29, 1.82) is 0 Å². The van der Waals surface area contributed by atoms with Crippen LogP contribution in [0.15, 0.2) is 78.9 Å². The van der Waals surface area contributed by atoms with Gasteiger partial charge in [0.05, 0.1) is 17.3 Å². The van der Waals surface area contributed by atoms with E-state index in [0.717, 1.165) is 25.9 Å². The summed E-state index contributed by atoms with van der Waals surface area (Å²) in [6, 6.07) is 22.9. The normalized spacial score (nSPS) is 14.4. The summed E-state index contributed by atoms with van der Waals surface area (Å²) < 4.78 is 19.4. The standard InChI is InChI=1S/C27H28FN3O3/c28-22-13-5-6-14-23(22)30-26(32)19-34-25-15-7-4-12-21(25)27(33)29-18-24(31-16-8-9-17-31)20-10-2-1-3-11-20/h1-7,10-15,24H,8-9,16-19H2,(H,29,33)(H,30,32). The van der Waals surface area contributed by atoms with Crippen molar-refractivity contribution in [3.05, 3.63) is 95.8 Å². The molecular weight excluding hydrogens is 433 g/mol. The molecule has 0 spiro atoms. The molecule has 6 nitrogen and oxygen atoms in total. The Balaban J connectivity index is 1.39. The fourth-order valence-corrected chi connectivity index (χ4v) is 4.14. The van der Waals surface area contributed by atoms with Crippen molar-refractivity contribution in [3.63, 3.8) is 0 Å². The van der Waals surface area contributed by atoms with Gasteiger partial charge in [-0.3, -0.25) is 14.5 Å². The van der Waals surface area contributed by atoms with E-state index >= 15 is 0 Å². The Morgan fingerprint density at radius 1 is 0.912 bits per heavy atom. The molecule has 1 unspecified atom stereocenters. The molecule has 0 radical (unpaired) electrons. The first-order valence-corrected chi connectivity index (χ1v) is 11.5. The lowest BCUT2D eigenvalue weighted by Gasteiger charge is -2.28. The van der Waals surface area contributed by atoms with Crippen molar-refractivity contribution in [2.45, 2.75) is 18.9 Å². The molecule has 0 saturated carbocycles. The zero-order valence-electron chi connectivity index (χ0n) is 18.9. The zero-order chi connectivity index (χ0) is 23.8. The summed E-state index contributed by atoms with van der Waals surface area (Å²) in [5.41, 5.74) is 1.59. The van der Waals surface area contributed by atoms with Crippen LogP contribution in [-0.2, 0) is 4.79 Å². The smallest absolute Gasteiger partial charge is 0.262 e. The fourth-order valence-electron chi connectivity index (χ4n) is 4.14. The van der Waals surface area contributed by atoms with E-state index in [1.54, 1.807) is 36.4 Å². The summed E-state index contributed by atoms with van der Waals surface area (Å²) in [4.78, 5) is 27.7. The van der Waals surface area contributed by atoms with E-state index in [1.807, 2.05) is 18.2 Å². The minimum absolute atomic E-state index is 0.0796. The third-order valence-corrected chi connectivity index (χ3v) is 5.86. The summed E-state index contributed by atoms with van der Waals surface area (Å²) in [5.74, 6) is -1.02. The number of para-hydroxylation sites is 2. The van der Waals surface area contributed by atoms with Crippen molar-refractivity contribution >= 4 is 17.5 Å². The van der Waals surface area contributed by atoms with Crippen LogP contribution >= 0.6 is 0 Å². The minimum atomic E-state index is -0.526. The van der Waals surface area contributed by atoms with Gasteiger partial charge in [-0.15, -0.1) is 0 Å². The van der Waals surface area contributed by atoms with Crippen LogP contribution in [0.5, 0.6) is 5.75 Å². The molecule has 1 aliphatic heterocycles. The van der Waals surface area contributed by atoms with Gasteiger partial charge in [-0.1, -0.05) is 54.6 Å². The molecule has 1 saturated heterocycles. The molecule has 1 heterocycles. The molecule has 34 heavy (non-hydrogen) atoms. The number of carbonyl (C=O) groups excluding carboxylic acids is 2. The van der Waals surface area contributed by atoms with Crippen molar-refractivity contribution in [2.24, 2.45) is 0 Å². The molecule has 0 aromatic heterocycles. The number of nitrogens with zero attached hydrogens (tertiary/aromatic N) is 1. The second kappa shape index (κ2) is 11.4. The van der Waals surface area contributed by atoms with Gasteiger partial charge >= 0.3 is 0 Å². The van der Waals surface area contributed by atoms with Crippen LogP contribution in [0.4, 0.5) is 10.1 Å². The Kier molecular flexibility index (Phi) is 7.88. The molecule has 3 aromatic rings. The minimum Gasteiger partial charge on any atom is -0.483 e. The number of halogens is 1. The van der Waals surface area contributed by atoms with E-state index in [-0.39, 0.29) is 24.2 Å². The van der Waals surface area contributed by atoms with E-state index in [9.17, 15) is 14.0 Å². The highest BCUT2D eigenvalue weighted by Crippen LogP contribution is 2.25. The number of anilines is 1. The summed E-state index contributed by atoms with van der Waals surface area (Å²) >= 11 is 0. The molecule has 1 aliphatic rings. The SMILES string of the molecule is O=C(COc1ccccc1C(=O)NCC(c1ccccc1)N1CCCC1)Nc1ccccc1F. The number of hydrogen-bond donors (Lipinski definition) is 2. The fraction of sp³-hybridized carbons (Fsp3) is 0.259. The van der Waals surface area contributed by atoms with Crippen molar-refractivity contribution in [2.75, 3.05) is 31.6 Å². The van der Waals surface area contributed by atoms with E-state index in [4.69, 9.17) is 4.74 Å². The highest BCUT2D eigenvalue weighted by atomic mass is 19.1. The lowest BCUT2D eigenvalue weighted by atomic mass is 10.1. The number of rotatable bonds is 9. The average Bonchev–Trinajstić information content (AvgIpc) is 3.40. The Morgan fingerprint density at radius 2 is 1.59 bits per heavy atom. The van der Waals surface area contributed by atoms with Crippen LogP contribution in [0, 0.1) is 5.82 Å². The van der Waals surface area contributed by atoms with Crippen molar-refractivity contribution in [1.82, 2.24) is 10.2 Å². The zero-order valence-corrected chi connectivity index (χ0v) is 18.9. The molecule has 0 bridgehead atoms. The maximum atomic E-state index is 13.8. The second-order valence-electron chi connectivity index (χ2n) is 8.19. The summed E-state index contributed by atoms with van der Waals surface area (Å²) in [7, 11) is 0. The summed E-state index contributed by atoms with van der Waals surface area (Å²) in [6.45, 7) is 2.13. The van der Waals surface area contributed by atoms with E-state index in [0.29, 0.717) is 17.9 Å². The van der Waals surface area contributed by atoms with Crippen LogP contribution in [0.25, 0.3) is 0 Å². The predicted molar refractivity (Wildman–Crippen MR) is 129 cm³/mol. The van der Waals surface area contributed by atoms with Gasteiger partial charge in [-0.25, -0.2) is 4.39 Å². The van der Waals surface area contributed by atoms with Crippen molar-refractivity contribution < 1.29 is 18.7 Å². The Labute approximate surface area is 198 Å². The highest BCUT2D eigenvalue weighted by Gasteiger charge is 2.24. The Hall–Kier alpha value is -3.71. The van der Waals surface area contributed by atoms with Crippen LogP contribution in [-0.4, -0.2) is 43.0 Å². The number of benzene rings is 3. The van der Waals surface area contributed by atoms with Crippen LogP contribution in [0.3, 0.4) is 0 Å². The van der Waals surface area contributed by atoms with Crippen LogP contribution in [0.1, 0.15) is 34.8 Å². The van der Waals surface area contributed by atoms with Gasteiger partial charge in [0.1, 0.15) is 11.6 Å². The number of likely N-dealkylation sites (tertiary alicyclic amines) is 1. The number of amides is 2. The second-order valence-corrected chi connectivity index (χ2v) is 8.19. The molecule has 4 rings (SSSR count). The van der Waals surface area contributed by atoms with Gasteiger partial charge in [-0.05, 0) is 55.8 Å². The van der Waals surface area contributed by atoms with Gasteiger partial charge in [0.15, 0.2) is 6.61 Å². The molecule has 1 atom stereocenters. The summed E-state index contributed by atoms with van der Waals surface area (Å²) in [5, 5.41) is 5.51. The maximum Gasteiger partial charge on any atom is 0.262 e. The Morgan fingerprint density at radius 3 is 2.35 bits per heavy atom. The first-order valence-electron chi connectivity index (χ1n) is 11.5. The number of ether oxygens (including phenoxy) is 1. The number of hydrogen-bond acceptors (Lipinski definition) is 4. The largest absolute Gasteiger partial charge is 0.483 e. The van der Waals surface area contributed by atoms with Gasteiger partial charge in [-0.2, -0.15) is 0 Å². The number of nitrogens with one attached hydrogen (secondary N) is 2. The first kappa shape index (κ1) is 23.4. The molecular formula is C27H28FN3O3. The average molecular weight is 462 g/mol. The van der Waals surface area contributed by atoms with Gasteiger partial charge < -0.3 is 15.4 Å². The third kappa shape index (κ3) is 5.99. The monoisotopic (exact) mass is 461 g/mol. The van der Waals surface area contributed by atoms with Crippen LogP contribution in [0.2, 0.25) is 0 Å². The van der Waals surface area contributed by atoms with Gasteiger partial charge in [0.25, 0.3) is 11.8 Å². The highest BCUT2D eigenvalue weighted by molar-refractivity contribution is 5.97. The van der Waals surface area contributed by atoms with E-state index < -0.39 is 11.7 Å². The lowest BCUT2D eigenvalue weighted by molar-refractivity contribution is -0.118. The quantitative estimate of drug-likeness (QED) is 0.495.